The number of furan rings is 1. The summed E-state index contributed by atoms with van der Waals surface area (Å²) in [5.41, 5.74) is 7.40. The number of nitrogens with zero attached hydrogens (tertiary/aromatic N) is 1. The first kappa shape index (κ1) is 8.01. The molecule has 0 saturated carbocycles. The highest BCUT2D eigenvalue weighted by molar-refractivity contribution is 5.52. The summed E-state index contributed by atoms with van der Waals surface area (Å²) in [7, 11) is 0. The largest absolute Gasteiger partial charge is 0.463 e. The molecule has 0 atom stereocenters. The van der Waals surface area contributed by atoms with E-state index in [0.717, 1.165) is 17.0 Å². The minimum absolute atomic E-state index is 0.524. The molecule has 3 heteroatoms. The van der Waals surface area contributed by atoms with Crippen LogP contribution in [0.5, 0.6) is 0 Å². The van der Waals surface area contributed by atoms with E-state index in [1.54, 1.807) is 12.5 Å². The van der Waals surface area contributed by atoms with E-state index in [2.05, 4.69) is 4.98 Å². The maximum Gasteiger partial charge on any atom is 0.152 e. The van der Waals surface area contributed by atoms with Crippen LogP contribution in [0.4, 0.5) is 0 Å². The summed E-state index contributed by atoms with van der Waals surface area (Å²) in [6.45, 7) is 0.524. The van der Waals surface area contributed by atoms with Gasteiger partial charge in [-0.1, -0.05) is 0 Å². The zero-order chi connectivity index (χ0) is 9.10. The molecule has 0 spiro atoms. The van der Waals surface area contributed by atoms with Gasteiger partial charge in [0.2, 0.25) is 0 Å². The van der Waals surface area contributed by atoms with Crippen LogP contribution in [0.25, 0.3) is 11.5 Å². The van der Waals surface area contributed by atoms with Gasteiger partial charge < -0.3 is 10.2 Å². The normalized spacial score (nSPS) is 10.2. The quantitative estimate of drug-likeness (QED) is 0.755. The molecule has 0 fully saturated rings. The fourth-order valence-corrected chi connectivity index (χ4v) is 1.16. The number of pyridine rings is 1. The first-order valence-electron chi connectivity index (χ1n) is 4.09. The van der Waals surface area contributed by atoms with Gasteiger partial charge >= 0.3 is 0 Å². The number of hydrogen-bond donors (Lipinski definition) is 1. The molecule has 2 rings (SSSR count). The van der Waals surface area contributed by atoms with Gasteiger partial charge in [-0.15, -0.1) is 0 Å². The second-order valence-electron chi connectivity index (χ2n) is 2.73. The smallest absolute Gasteiger partial charge is 0.152 e. The van der Waals surface area contributed by atoms with Crippen LogP contribution in [0.1, 0.15) is 5.56 Å². The molecule has 2 heterocycles. The first-order valence-corrected chi connectivity index (χ1v) is 4.09. The summed E-state index contributed by atoms with van der Waals surface area (Å²) < 4.78 is 5.22. The highest BCUT2D eigenvalue weighted by Gasteiger charge is 2.01. The summed E-state index contributed by atoms with van der Waals surface area (Å²) in [5.74, 6) is 0.773. The van der Waals surface area contributed by atoms with Gasteiger partial charge in [-0.3, -0.25) is 4.98 Å². The molecule has 0 aliphatic carbocycles. The maximum atomic E-state index is 5.51. The van der Waals surface area contributed by atoms with E-state index < -0.39 is 0 Å². The third-order valence-electron chi connectivity index (χ3n) is 1.83. The Morgan fingerprint density at radius 2 is 2.31 bits per heavy atom. The van der Waals surface area contributed by atoms with E-state index in [1.165, 1.54) is 0 Å². The van der Waals surface area contributed by atoms with Crippen LogP contribution in [0.3, 0.4) is 0 Å². The molecule has 2 N–H and O–H groups in total. The summed E-state index contributed by atoms with van der Waals surface area (Å²) in [6.07, 6.45) is 3.37. The summed E-state index contributed by atoms with van der Waals surface area (Å²) in [4.78, 5) is 4.18. The van der Waals surface area contributed by atoms with Gasteiger partial charge in [0, 0.05) is 12.7 Å². The number of aromatic nitrogens is 1. The van der Waals surface area contributed by atoms with Crippen molar-refractivity contribution in [3.8, 4) is 11.5 Å². The summed E-state index contributed by atoms with van der Waals surface area (Å²) >= 11 is 0. The number of hydrogen-bond acceptors (Lipinski definition) is 3. The second-order valence-corrected chi connectivity index (χ2v) is 2.73. The van der Waals surface area contributed by atoms with Gasteiger partial charge in [-0.25, -0.2) is 0 Å². The van der Waals surface area contributed by atoms with Gasteiger partial charge in [-0.2, -0.15) is 0 Å². The van der Waals surface area contributed by atoms with Crippen molar-refractivity contribution >= 4 is 0 Å². The molecule has 2 aromatic heterocycles. The van der Waals surface area contributed by atoms with Gasteiger partial charge in [0.05, 0.1) is 6.26 Å². The molecule has 0 radical (unpaired) electrons. The predicted octanol–water partition coefficient (Wildman–Crippen LogP) is 1.80. The topological polar surface area (TPSA) is 52.0 Å². The van der Waals surface area contributed by atoms with Crippen molar-refractivity contribution in [3.05, 3.63) is 42.3 Å². The Bertz CT molecular complexity index is 382. The zero-order valence-corrected chi connectivity index (χ0v) is 7.10. The molecular weight excluding hydrogens is 164 g/mol. The van der Waals surface area contributed by atoms with Crippen LogP contribution in [0.2, 0.25) is 0 Å². The summed E-state index contributed by atoms with van der Waals surface area (Å²) in [5, 5.41) is 0. The monoisotopic (exact) mass is 174 g/mol. The van der Waals surface area contributed by atoms with Crippen LogP contribution in [-0.4, -0.2) is 4.98 Å². The molecule has 0 aliphatic heterocycles. The Morgan fingerprint density at radius 3 is 3.00 bits per heavy atom. The van der Waals surface area contributed by atoms with E-state index in [-0.39, 0.29) is 0 Å². The number of nitrogens with two attached hydrogens (primary N) is 1. The van der Waals surface area contributed by atoms with Gasteiger partial charge in [0.15, 0.2) is 5.76 Å². The molecule has 0 saturated heterocycles. The Balaban J connectivity index is 2.41. The molecule has 0 bridgehead atoms. The molecular formula is C10H10N2O. The van der Waals surface area contributed by atoms with E-state index in [9.17, 15) is 0 Å². The lowest BCUT2D eigenvalue weighted by Crippen LogP contribution is -1.96. The zero-order valence-electron chi connectivity index (χ0n) is 7.10. The molecule has 0 unspecified atom stereocenters. The molecule has 66 valence electrons. The molecule has 0 amide bonds. The van der Waals surface area contributed by atoms with E-state index >= 15 is 0 Å². The SMILES string of the molecule is NCc1ccnc(-c2ccco2)c1. The van der Waals surface area contributed by atoms with Crippen molar-refractivity contribution in [1.82, 2.24) is 4.98 Å². The van der Waals surface area contributed by atoms with Crippen molar-refractivity contribution in [2.75, 3.05) is 0 Å². The Labute approximate surface area is 76.2 Å². The van der Waals surface area contributed by atoms with Crippen molar-refractivity contribution in [3.63, 3.8) is 0 Å². The highest BCUT2D eigenvalue weighted by atomic mass is 16.3. The third-order valence-corrected chi connectivity index (χ3v) is 1.83. The van der Waals surface area contributed by atoms with Gasteiger partial charge in [0.25, 0.3) is 0 Å². The maximum absolute atomic E-state index is 5.51. The predicted molar refractivity (Wildman–Crippen MR) is 49.8 cm³/mol. The van der Waals surface area contributed by atoms with Crippen LogP contribution >= 0.6 is 0 Å². The molecule has 2 aromatic rings. The van der Waals surface area contributed by atoms with Crippen molar-refractivity contribution < 1.29 is 4.42 Å². The fraction of sp³-hybridized carbons (Fsp3) is 0.100. The van der Waals surface area contributed by atoms with Crippen LogP contribution in [-0.2, 0) is 6.54 Å². The van der Waals surface area contributed by atoms with E-state index in [1.807, 2.05) is 24.3 Å². The van der Waals surface area contributed by atoms with Crippen molar-refractivity contribution in [2.45, 2.75) is 6.54 Å². The van der Waals surface area contributed by atoms with E-state index in [0.29, 0.717) is 6.54 Å². The van der Waals surface area contributed by atoms with Gasteiger partial charge in [0.1, 0.15) is 5.69 Å². The first-order chi connectivity index (χ1) is 6.40. The minimum Gasteiger partial charge on any atom is -0.463 e. The number of rotatable bonds is 2. The molecule has 3 nitrogen and oxygen atoms in total. The standard InChI is InChI=1S/C10H10N2O/c11-7-8-3-4-12-9(6-8)10-2-1-5-13-10/h1-6H,7,11H2. The lowest BCUT2D eigenvalue weighted by molar-refractivity contribution is 0.580. The highest BCUT2D eigenvalue weighted by Crippen LogP contribution is 2.17. The second kappa shape index (κ2) is 3.41. The lowest BCUT2D eigenvalue weighted by Gasteiger charge is -1.98. The van der Waals surface area contributed by atoms with Crippen molar-refractivity contribution in [1.29, 1.82) is 0 Å². The molecule has 0 aromatic carbocycles. The van der Waals surface area contributed by atoms with Crippen LogP contribution in [0.15, 0.2) is 41.1 Å². The average molecular weight is 174 g/mol. The lowest BCUT2D eigenvalue weighted by atomic mass is 10.2. The Kier molecular flexibility index (Phi) is 2.10. The van der Waals surface area contributed by atoms with E-state index in [4.69, 9.17) is 10.2 Å². The fourth-order valence-electron chi connectivity index (χ4n) is 1.16. The minimum atomic E-state index is 0.524. The molecule has 13 heavy (non-hydrogen) atoms. The van der Waals surface area contributed by atoms with Crippen LogP contribution < -0.4 is 5.73 Å². The van der Waals surface area contributed by atoms with Crippen molar-refractivity contribution in [2.24, 2.45) is 5.73 Å². The third kappa shape index (κ3) is 1.60. The van der Waals surface area contributed by atoms with Crippen LogP contribution in [0, 0.1) is 0 Å². The Morgan fingerprint density at radius 1 is 1.38 bits per heavy atom. The Hall–Kier alpha value is -1.61. The summed E-state index contributed by atoms with van der Waals surface area (Å²) in [6, 6.07) is 7.54. The average Bonchev–Trinajstić information content (AvgIpc) is 2.71. The van der Waals surface area contributed by atoms with Gasteiger partial charge in [-0.05, 0) is 29.8 Å². The molecule has 0 aliphatic rings.